The third kappa shape index (κ3) is 3.23. The number of carbonyl (C=O) groups is 2. The van der Waals surface area contributed by atoms with E-state index in [0.717, 1.165) is 16.5 Å². The normalized spacial score (nSPS) is 16.7. The Hall–Kier alpha value is -3.35. The minimum Gasteiger partial charge on any atom is -0.495 e. The summed E-state index contributed by atoms with van der Waals surface area (Å²) in [6.45, 7) is 2.29. The van der Waals surface area contributed by atoms with Crippen molar-refractivity contribution in [2.75, 3.05) is 23.9 Å². The number of nitrogens with one attached hydrogen (secondary N) is 2. The highest BCUT2D eigenvalue weighted by molar-refractivity contribution is 6.04. The highest BCUT2D eigenvalue weighted by Crippen LogP contribution is 2.34. The summed E-state index contributed by atoms with van der Waals surface area (Å²) in [5.74, 6) is -0.0423. The molecule has 3 aromatic rings. The lowest BCUT2D eigenvalue weighted by molar-refractivity contribution is -0.122. The van der Waals surface area contributed by atoms with Gasteiger partial charge in [0.05, 0.1) is 30.4 Å². The third-order valence-corrected chi connectivity index (χ3v) is 4.83. The minimum atomic E-state index is -0.416. The Morgan fingerprint density at radius 1 is 1.30 bits per heavy atom. The van der Waals surface area contributed by atoms with Gasteiger partial charge in [0, 0.05) is 24.0 Å². The average molecular weight is 364 g/mol. The highest BCUT2D eigenvalue weighted by Gasteiger charge is 2.36. The number of amides is 2. The molecule has 2 aromatic carbocycles. The van der Waals surface area contributed by atoms with Crippen LogP contribution in [0.3, 0.4) is 0 Å². The molecule has 7 heteroatoms. The van der Waals surface area contributed by atoms with Gasteiger partial charge in [0.15, 0.2) is 0 Å². The first-order chi connectivity index (χ1) is 13.0. The van der Waals surface area contributed by atoms with Crippen LogP contribution in [0, 0.1) is 12.8 Å². The number of methoxy groups -OCH3 is 1. The minimum absolute atomic E-state index is 0.0805. The second kappa shape index (κ2) is 6.75. The van der Waals surface area contributed by atoms with E-state index >= 15 is 0 Å². The fourth-order valence-electron chi connectivity index (χ4n) is 3.39. The molecule has 1 aliphatic rings. The Morgan fingerprint density at radius 2 is 2.15 bits per heavy atom. The number of H-pyrrole nitrogens is 1. The van der Waals surface area contributed by atoms with Gasteiger partial charge in [-0.25, -0.2) is 0 Å². The van der Waals surface area contributed by atoms with Crippen molar-refractivity contribution < 1.29 is 14.3 Å². The van der Waals surface area contributed by atoms with Gasteiger partial charge in [-0.1, -0.05) is 6.07 Å². The number of hydrogen-bond donors (Lipinski definition) is 2. The van der Waals surface area contributed by atoms with Crippen molar-refractivity contribution in [3.63, 3.8) is 0 Å². The molecule has 2 heterocycles. The first-order valence-corrected chi connectivity index (χ1v) is 8.74. The first-order valence-electron chi connectivity index (χ1n) is 8.74. The van der Waals surface area contributed by atoms with E-state index in [0.29, 0.717) is 23.7 Å². The summed E-state index contributed by atoms with van der Waals surface area (Å²) < 4.78 is 5.38. The van der Waals surface area contributed by atoms with Crippen LogP contribution < -0.4 is 15.0 Å². The smallest absolute Gasteiger partial charge is 0.229 e. The molecule has 0 bridgehead atoms. The number of hydrogen-bond acceptors (Lipinski definition) is 4. The molecule has 1 saturated heterocycles. The van der Waals surface area contributed by atoms with Crippen molar-refractivity contribution in [3.05, 3.63) is 48.2 Å². The zero-order chi connectivity index (χ0) is 19.0. The lowest BCUT2D eigenvalue weighted by Crippen LogP contribution is -2.28. The first kappa shape index (κ1) is 17.1. The molecule has 4 rings (SSSR count). The maximum Gasteiger partial charge on any atom is 0.229 e. The van der Waals surface area contributed by atoms with Gasteiger partial charge in [0.1, 0.15) is 5.75 Å². The number of benzene rings is 2. The molecule has 0 aliphatic carbocycles. The number of fused-ring (bicyclic) bond motifs is 1. The van der Waals surface area contributed by atoms with Crippen molar-refractivity contribution in [1.82, 2.24) is 10.2 Å². The third-order valence-electron chi connectivity index (χ3n) is 4.83. The lowest BCUT2D eigenvalue weighted by atomic mass is 10.1. The average Bonchev–Trinajstić information content (AvgIpc) is 3.27. The Bertz CT molecular complexity index is 1030. The predicted octanol–water partition coefficient (Wildman–Crippen LogP) is 2.87. The summed E-state index contributed by atoms with van der Waals surface area (Å²) in [7, 11) is 1.57. The molecule has 1 aliphatic heterocycles. The zero-order valence-electron chi connectivity index (χ0n) is 15.2. The van der Waals surface area contributed by atoms with E-state index in [4.69, 9.17) is 4.74 Å². The van der Waals surface area contributed by atoms with E-state index < -0.39 is 5.92 Å². The van der Waals surface area contributed by atoms with Crippen molar-refractivity contribution in [3.8, 4) is 5.75 Å². The Labute approximate surface area is 156 Å². The van der Waals surface area contributed by atoms with Gasteiger partial charge in [0.2, 0.25) is 11.8 Å². The molecular formula is C20H20N4O3. The molecular weight excluding hydrogens is 344 g/mol. The predicted molar refractivity (Wildman–Crippen MR) is 103 cm³/mol. The zero-order valence-corrected chi connectivity index (χ0v) is 15.2. The molecule has 138 valence electrons. The van der Waals surface area contributed by atoms with Crippen LogP contribution in [0.2, 0.25) is 0 Å². The van der Waals surface area contributed by atoms with E-state index in [-0.39, 0.29) is 18.2 Å². The fraction of sp³-hybridized carbons (Fsp3) is 0.250. The summed E-state index contributed by atoms with van der Waals surface area (Å²) in [5.41, 5.74) is 3.26. The van der Waals surface area contributed by atoms with Gasteiger partial charge in [0.25, 0.3) is 0 Å². The van der Waals surface area contributed by atoms with E-state index in [2.05, 4.69) is 15.5 Å². The standard InChI is InChI=1S/C20H20N4O3/c1-12-3-6-18(27-2)17(7-12)24-11-14(8-19(24)25)20(26)22-15-5-4-13-10-21-23-16(13)9-15/h3-7,9-10,14H,8,11H2,1-2H3,(H,21,23)(H,22,26). The van der Waals surface area contributed by atoms with Crippen LogP contribution in [0.1, 0.15) is 12.0 Å². The van der Waals surface area contributed by atoms with Crippen LogP contribution in [0.4, 0.5) is 11.4 Å². The van der Waals surface area contributed by atoms with Crippen LogP contribution in [0.15, 0.2) is 42.6 Å². The number of aryl methyl sites for hydroxylation is 1. The number of aromatic amines is 1. The van der Waals surface area contributed by atoms with Gasteiger partial charge in [-0.15, -0.1) is 0 Å². The van der Waals surface area contributed by atoms with Crippen LogP contribution in [-0.4, -0.2) is 35.7 Å². The maximum absolute atomic E-state index is 12.7. The second-order valence-corrected chi connectivity index (χ2v) is 6.74. The van der Waals surface area contributed by atoms with Gasteiger partial charge >= 0.3 is 0 Å². The Balaban J connectivity index is 1.51. The largest absolute Gasteiger partial charge is 0.495 e. The van der Waals surface area contributed by atoms with Crippen molar-refractivity contribution >= 4 is 34.1 Å². The molecule has 2 N–H and O–H groups in total. The van der Waals surface area contributed by atoms with E-state index in [1.54, 1.807) is 18.2 Å². The van der Waals surface area contributed by atoms with Crippen LogP contribution in [0.5, 0.6) is 5.75 Å². The number of aromatic nitrogens is 2. The molecule has 0 saturated carbocycles. The molecule has 0 radical (unpaired) electrons. The number of ether oxygens (including phenoxy) is 1. The van der Waals surface area contributed by atoms with Crippen LogP contribution >= 0.6 is 0 Å². The molecule has 1 unspecified atom stereocenters. The monoisotopic (exact) mass is 364 g/mol. The molecule has 2 amide bonds. The number of carbonyl (C=O) groups excluding carboxylic acids is 2. The Kier molecular flexibility index (Phi) is 4.27. The summed E-state index contributed by atoms with van der Waals surface area (Å²) >= 11 is 0. The fourth-order valence-corrected chi connectivity index (χ4v) is 3.39. The molecule has 7 nitrogen and oxygen atoms in total. The van der Waals surface area contributed by atoms with Gasteiger partial charge in [-0.3, -0.25) is 14.7 Å². The molecule has 1 fully saturated rings. The van der Waals surface area contributed by atoms with Gasteiger partial charge in [-0.05, 0) is 42.8 Å². The van der Waals surface area contributed by atoms with Crippen LogP contribution in [0.25, 0.3) is 10.9 Å². The van der Waals surface area contributed by atoms with E-state index in [1.807, 2.05) is 43.3 Å². The number of rotatable bonds is 4. The lowest BCUT2D eigenvalue weighted by Gasteiger charge is -2.20. The molecule has 27 heavy (non-hydrogen) atoms. The van der Waals surface area contributed by atoms with E-state index in [1.165, 1.54) is 0 Å². The number of anilines is 2. The highest BCUT2D eigenvalue weighted by atomic mass is 16.5. The quantitative estimate of drug-likeness (QED) is 0.745. The van der Waals surface area contributed by atoms with Crippen molar-refractivity contribution in [2.24, 2.45) is 5.92 Å². The summed E-state index contributed by atoms with van der Waals surface area (Å²) in [5, 5.41) is 10.7. The van der Waals surface area contributed by atoms with Crippen LogP contribution in [-0.2, 0) is 9.59 Å². The number of nitrogens with zero attached hydrogens (tertiary/aromatic N) is 2. The molecule has 1 atom stereocenters. The summed E-state index contributed by atoms with van der Waals surface area (Å²) in [6.07, 6.45) is 1.90. The topological polar surface area (TPSA) is 87.3 Å². The molecule has 1 aromatic heterocycles. The second-order valence-electron chi connectivity index (χ2n) is 6.74. The SMILES string of the molecule is COc1ccc(C)cc1N1CC(C(=O)Nc2ccc3cn[nH]c3c2)CC1=O. The summed E-state index contributed by atoms with van der Waals surface area (Å²) in [4.78, 5) is 26.9. The Morgan fingerprint density at radius 3 is 2.96 bits per heavy atom. The molecule has 0 spiro atoms. The van der Waals surface area contributed by atoms with E-state index in [9.17, 15) is 9.59 Å². The van der Waals surface area contributed by atoms with Crippen molar-refractivity contribution in [1.29, 1.82) is 0 Å². The van der Waals surface area contributed by atoms with Crippen molar-refractivity contribution in [2.45, 2.75) is 13.3 Å². The van der Waals surface area contributed by atoms with Gasteiger partial charge < -0.3 is 15.0 Å². The summed E-state index contributed by atoms with van der Waals surface area (Å²) in [6, 6.07) is 11.2. The maximum atomic E-state index is 12.7. The van der Waals surface area contributed by atoms with Gasteiger partial charge in [-0.2, -0.15) is 5.10 Å².